The summed E-state index contributed by atoms with van der Waals surface area (Å²) >= 11 is 0. The van der Waals surface area contributed by atoms with E-state index < -0.39 is 0 Å². The zero-order chi connectivity index (χ0) is 18.6. The third-order valence-electron chi connectivity index (χ3n) is 6.55. The summed E-state index contributed by atoms with van der Waals surface area (Å²) in [4.78, 5) is 19.6. The molecule has 1 aromatic rings. The first-order valence-electron chi connectivity index (χ1n) is 10.7. The summed E-state index contributed by atoms with van der Waals surface area (Å²) in [6.07, 6.45) is 6.43. The first kappa shape index (κ1) is 18.8. The highest BCUT2D eigenvalue weighted by Gasteiger charge is 2.32. The number of amides is 1. The second kappa shape index (κ2) is 8.65. The highest BCUT2D eigenvalue weighted by Crippen LogP contribution is 2.22. The molecule has 0 spiro atoms. The fourth-order valence-corrected chi connectivity index (χ4v) is 4.69. The van der Waals surface area contributed by atoms with Gasteiger partial charge in [0.15, 0.2) is 5.82 Å². The van der Waals surface area contributed by atoms with Crippen LogP contribution in [0.1, 0.15) is 51.3 Å². The van der Waals surface area contributed by atoms with Crippen molar-refractivity contribution < 1.29 is 4.79 Å². The predicted octanol–water partition coefficient (Wildman–Crippen LogP) is 0.992. The molecule has 8 heteroatoms. The highest BCUT2D eigenvalue weighted by molar-refractivity contribution is 5.76. The van der Waals surface area contributed by atoms with Gasteiger partial charge in [-0.3, -0.25) is 14.6 Å². The molecule has 0 N–H and O–H groups in total. The molecule has 150 valence electrons. The second-order valence-corrected chi connectivity index (χ2v) is 8.55. The van der Waals surface area contributed by atoms with Gasteiger partial charge >= 0.3 is 0 Å². The number of rotatable bonds is 6. The highest BCUT2D eigenvalue weighted by atomic mass is 16.2. The molecule has 0 bridgehead atoms. The number of tetrazole rings is 1. The first-order chi connectivity index (χ1) is 13.2. The van der Waals surface area contributed by atoms with E-state index in [2.05, 4.69) is 37.1 Å². The Morgan fingerprint density at radius 3 is 2.81 bits per heavy atom. The number of hydrogen-bond acceptors (Lipinski definition) is 6. The number of carbonyl (C=O) groups excluding carboxylic acids is 1. The number of carbonyl (C=O) groups is 1. The summed E-state index contributed by atoms with van der Waals surface area (Å²) in [5.74, 6) is 2.05. The molecule has 4 heterocycles. The van der Waals surface area contributed by atoms with Crippen LogP contribution >= 0.6 is 0 Å². The van der Waals surface area contributed by atoms with Crippen LogP contribution in [0.15, 0.2) is 0 Å². The van der Waals surface area contributed by atoms with Crippen LogP contribution in [0.5, 0.6) is 0 Å². The fourth-order valence-electron chi connectivity index (χ4n) is 4.69. The van der Waals surface area contributed by atoms with Crippen molar-refractivity contribution in [3.8, 4) is 0 Å². The Kier molecular flexibility index (Phi) is 6.02. The molecular formula is C19H33N7O. The number of aromatic nitrogens is 4. The molecule has 0 aromatic carbocycles. The normalized spacial score (nSPS) is 25.1. The van der Waals surface area contributed by atoms with Crippen LogP contribution < -0.4 is 0 Å². The lowest BCUT2D eigenvalue weighted by Gasteiger charge is -2.37. The molecule has 3 fully saturated rings. The van der Waals surface area contributed by atoms with Gasteiger partial charge in [-0.15, -0.1) is 5.10 Å². The molecule has 1 unspecified atom stereocenters. The lowest BCUT2D eigenvalue weighted by atomic mass is 9.99. The van der Waals surface area contributed by atoms with E-state index in [9.17, 15) is 4.79 Å². The van der Waals surface area contributed by atoms with Crippen molar-refractivity contribution in [1.82, 2.24) is 34.9 Å². The molecule has 27 heavy (non-hydrogen) atoms. The van der Waals surface area contributed by atoms with Crippen molar-refractivity contribution in [2.24, 2.45) is 5.92 Å². The number of fused-ring (bicyclic) bond motifs is 1. The van der Waals surface area contributed by atoms with Gasteiger partial charge in [0.1, 0.15) is 0 Å². The Morgan fingerprint density at radius 2 is 1.96 bits per heavy atom. The van der Waals surface area contributed by atoms with Gasteiger partial charge in [0.2, 0.25) is 5.91 Å². The minimum absolute atomic E-state index is 0.293. The van der Waals surface area contributed by atoms with Crippen LogP contribution in [0.3, 0.4) is 0 Å². The number of aryl methyl sites for hydroxylation is 1. The van der Waals surface area contributed by atoms with Crippen LogP contribution in [-0.2, 0) is 17.9 Å². The minimum atomic E-state index is 0.293. The Balaban J connectivity index is 1.21. The number of piperidine rings is 1. The van der Waals surface area contributed by atoms with E-state index in [0.717, 1.165) is 64.0 Å². The first-order valence-corrected chi connectivity index (χ1v) is 10.7. The van der Waals surface area contributed by atoms with E-state index in [1.807, 2.05) is 4.68 Å². The predicted molar refractivity (Wildman–Crippen MR) is 102 cm³/mol. The van der Waals surface area contributed by atoms with E-state index in [4.69, 9.17) is 0 Å². The van der Waals surface area contributed by atoms with Crippen LogP contribution in [0, 0.1) is 5.92 Å². The van der Waals surface area contributed by atoms with Gasteiger partial charge in [-0.1, -0.05) is 6.92 Å². The maximum absolute atomic E-state index is 12.6. The molecular weight excluding hydrogens is 342 g/mol. The molecule has 1 aromatic heterocycles. The van der Waals surface area contributed by atoms with Gasteiger partial charge in [0.25, 0.3) is 0 Å². The van der Waals surface area contributed by atoms with Gasteiger partial charge in [0.05, 0.1) is 6.54 Å². The van der Waals surface area contributed by atoms with Crippen molar-refractivity contribution in [1.29, 1.82) is 0 Å². The quantitative estimate of drug-likeness (QED) is 0.739. The molecule has 3 aliphatic heterocycles. The Bertz CT molecular complexity index is 625. The largest absolute Gasteiger partial charge is 0.340 e. The van der Waals surface area contributed by atoms with Crippen LogP contribution in [0.2, 0.25) is 0 Å². The summed E-state index contributed by atoms with van der Waals surface area (Å²) in [6, 6.07) is 0.598. The maximum Gasteiger partial charge on any atom is 0.222 e. The number of likely N-dealkylation sites (tertiary alicyclic amines) is 1. The molecule has 8 nitrogen and oxygen atoms in total. The molecule has 0 saturated carbocycles. The minimum Gasteiger partial charge on any atom is -0.340 e. The van der Waals surface area contributed by atoms with Gasteiger partial charge in [-0.25, -0.2) is 4.68 Å². The summed E-state index contributed by atoms with van der Waals surface area (Å²) in [5, 5.41) is 12.2. The zero-order valence-corrected chi connectivity index (χ0v) is 16.6. The van der Waals surface area contributed by atoms with Gasteiger partial charge < -0.3 is 4.90 Å². The Hall–Kier alpha value is -1.54. The van der Waals surface area contributed by atoms with Crippen LogP contribution in [0.25, 0.3) is 0 Å². The molecule has 0 radical (unpaired) electrons. The summed E-state index contributed by atoms with van der Waals surface area (Å²) < 4.78 is 1.89. The van der Waals surface area contributed by atoms with E-state index >= 15 is 0 Å². The fraction of sp³-hybridized carbons (Fsp3) is 0.895. The third kappa shape index (κ3) is 4.66. The zero-order valence-electron chi connectivity index (χ0n) is 16.6. The lowest BCUT2D eigenvalue weighted by molar-refractivity contribution is -0.133. The SMILES string of the molecule is CC1CCN(Cc2nnnn2CCCC(=O)N2CCN3CCCC3C2)CC1. The average molecular weight is 376 g/mol. The average Bonchev–Trinajstić information content (AvgIpc) is 3.32. The number of nitrogens with zero attached hydrogens (tertiary/aromatic N) is 7. The van der Waals surface area contributed by atoms with Crippen molar-refractivity contribution in [3.05, 3.63) is 5.82 Å². The molecule has 1 atom stereocenters. The topological polar surface area (TPSA) is 70.4 Å². The Morgan fingerprint density at radius 1 is 1.11 bits per heavy atom. The number of hydrogen-bond donors (Lipinski definition) is 0. The van der Waals surface area contributed by atoms with Crippen molar-refractivity contribution in [2.75, 3.05) is 39.3 Å². The molecule has 4 rings (SSSR count). The van der Waals surface area contributed by atoms with E-state index in [1.54, 1.807) is 0 Å². The maximum atomic E-state index is 12.6. The third-order valence-corrected chi connectivity index (χ3v) is 6.55. The lowest BCUT2D eigenvalue weighted by Crippen LogP contribution is -2.52. The molecule has 3 saturated heterocycles. The van der Waals surface area contributed by atoms with E-state index in [-0.39, 0.29) is 0 Å². The second-order valence-electron chi connectivity index (χ2n) is 8.55. The van der Waals surface area contributed by atoms with Crippen molar-refractivity contribution in [3.63, 3.8) is 0 Å². The van der Waals surface area contributed by atoms with Gasteiger partial charge in [-0.05, 0) is 68.1 Å². The Labute approximate surface area is 161 Å². The van der Waals surface area contributed by atoms with E-state index in [0.29, 0.717) is 18.4 Å². The standard InChI is InChI=1S/C19H33N7O/c1-16-6-10-23(11-7-16)15-18-20-21-22-26(18)9-3-5-19(27)25-13-12-24-8-2-4-17(24)14-25/h16-17H,2-15H2,1H3. The molecule has 3 aliphatic rings. The van der Waals surface area contributed by atoms with Crippen LogP contribution in [-0.4, -0.2) is 86.1 Å². The summed E-state index contributed by atoms with van der Waals surface area (Å²) in [7, 11) is 0. The molecule has 0 aliphatic carbocycles. The van der Waals surface area contributed by atoms with Gasteiger partial charge in [0, 0.05) is 38.6 Å². The van der Waals surface area contributed by atoms with Crippen molar-refractivity contribution in [2.45, 2.75) is 64.6 Å². The molecule has 1 amide bonds. The summed E-state index contributed by atoms with van der Waals surface area (Å²) in [5.41, 5.74) is 0. The monoisotopic (exact) mass is 375 g/mol. The van der Waals surface area contributed by atoms with E-state index in [1.165, 1.54) is 32.2 Å². The summed E-state index contributed by atoms with van der Waals surface area (Å²) in [6.45, 7) is 10.2. The van der Waals surface area contributed by atoms with Crippen LogP contribution in [0.4, 0.5) is 0 Å². The number of piperazine rings is 1. The smallest absolute Gasteiger partial charge is 0.222 e. The van der Waals surface area contributed by atoms with Gasteiger partial charge in [-0.2, -0.15) is 0 Å². The van der Waals surface area contributed by atoms with Crippen molar-refractivity contribution >= 4 is 5.91 Å².